The van der Waals surface area contributed by atoms with E-state index in [0.717, 1.165) is 55.8 Å². The number of fused-ring (bicyclic) bond motifs is 3. The van der Waals surface area contributed by atoms with Crippen LogP contribution in [0.3, 0.4) is 0 Å². The van der Waals surface area contributed by atoms with E-state index < -0.39 is 0 Å². The molecule has 0 amide bonds. The Balaban J connectivity index is 0.000000260. The van der Waals surface area contributed by atoms with E-state index in [4.69, 9.17) is 4.98 Å². The van der Waals surface area contributed by atoms with Crippen molar-refractivity contribution in [2.24, 2.45) is 0 Å². The Morgan fingerprint density at radius 3 is 2.08 bits per heavy atom. The van der Waals surface area contributed by atoms with Gasteiger partial charge in [0.2, 0.25) is 0 Å². The number of hydrogen-bond acceptors (Lipinski definition) is 4. The van der Waals surface area contributed by atoms with Crippen LogP contribution in [0.4, 0.5) is 0 Å². The fourth-order valence-corrected chi connectivity index (χ4v) is 5.78. The monoisotopic (exact) mass is 797 g/mol. The molecule has 8 rings (SSSR count). The van der Waals surface area contributed by atoms with Crippen LogP contribution in [0.25, 0.3) is 66.4 Å². The van der Waals surface area contributed by atoms with Crippen molar-refractivity contribution in [3.63, 3.8) is 0 Å². The van der Waals surface area contributed by atoms with Gasteiger partial charge >= 0.3 is 0 Å². The minimum atomic E-state index is 0. The van der Waals surface area contributed by atoms with Gasteiger partial charge in [-0.1, -0.05) is 53.1 Å². The van der Waals surface area contributed by atoms with E-state index in [0.29, 0.717) is 0 Å². The molecule has 48 heavy (non-hydrogen) atoms. The third-order valence-corrected chi connectivity index (χ3v) is 8.12. The summed E-state index contributed by atoms with van der Waals surface area (Å²) in [5.41, 5.74) is 12.8. The van der Waals surface area contributed by atoms with Crippen molar-refractivity contribution in [1.82, 2.24) is 19.9 Å². The first kappa shape index (κ1) is 32.6. The molecule has 4 heterocycles. The van der Waals surface area contributed by atoms with Gasteiger partial charge in [0, 0.05) is 62.0 Å². The smallest absolute Gasteiger partial charge is 0.0714 e. The van der Waals surface area contributed by atoms with E-state index in [1.807, 2.05) is 79.4 Å². The molecule has 8 aromatic rings. The van der Waals surface area contributed by atoms with E-state index in [2.05, 4.69) is 102 Å². The van der Waals surface area contributed by atoms with Crippen molar-refractivity contribution in [1.29, 1.82) is 0 Å². The molecule has 0 aliphatic rings. The predicted octanol–water partition coefficient (Wildman–Crippen LogP) is 10.5. The Kier molecular flexibility index (Phi) is 9.91. The van der Waals surface area contributed by atoms with Gasteiger partial charge in [-0.3, -0.25) is 9.97 Å². The van der Waals surface area contributed by atoms with Gasteiger partial charge in [0.1, 0.15) is 0 Å². The van der Waals surface area contributed by atoms with E-state index in [1.165, 1.54) is 27.3 Å². The zero-order chi connectivity index (χ0) is 32.2. The van der Waals surface area contributed by atoms with E-state index in [-0.39, 0.29) is 20.1 Å². The third-order valence-electron chi connectivity index (χ3n) is 8.12. The molecule has 4 aromatic heterocycles. The van der Waals surface area contributed by atoms with Gasteiger partial charge < -0.3 is 9.97 Å². The predicted molar refractivity (Wildman–Crippen MR) is 193 cm³/mol. The summed E-state index contributed by atoms with van der Waals surface area (Å²) in [4.78, 5) is 18.1. The number of benzene rings is 4. The molecule has 1 radical (unpaired) electrons. The number of pyridine rings is 4. The zero-order valence-electron chi connectivity index (χ0n) is 26.9. The molecule has 235 valence electrons. The van der Waals surface area contributed by atoms with Gasteiger partial charge in [0.05, 0.1) is 5.52 Å². The molecule has 4 nitrogen and oxygen atoms in total. The number of aromatic nitrogens is 4. The first-order valence-corrected chi connectivity index (χ1v) is 15.6. The molecule has 0 saturated carbocycles. The Morgan fingerprint density at radius 1 is 0.479 bits per heavy atom. The molecule has 0 atom stereocenters. The second-order valence-electron chi connectivity index (χ2n) is 11.7. The Morgan fingerprint density at radius 2 is 1.27 bits per heavy atom. The number of hydrogen-bond donors (Lipinski definition) is 0. The maximum absolute atomic E-state index is 4.75. The topological polar surface area (TPSA) is 51.6 Å². The second-order valence-corrected chi connectivity index (χ2v) is 11.7. The van der Waals surface area contributed by atoms with Crippen LogP contribution >= 0.6 is 0 Å². The molecule has 0 saturated heterocycles. The minimum absolute atomic E-state index is 0. The average molecular weight is 797 g/mol. The number of rotatable bonds is 4. The molecule has 0 N–H and O–H groups in total. The number of aryl methyl sites for hydroxylation is 3. The van der Waals surface area contributed by atoms with Crippen molar-refractivity contribution in [3.05, 3.63) is 169 Å². The van der Waals surface area contributed by atoms with Crippen LogP contribution in [0.1, 0.15) is 16.7 Å². The van der Waals surface area contributed by atoms with E-state index in [9.17, 15) is 0 Å². The molecule has 0 aliphatic carbocycles. The van der Waals surface area contributed by atoms with Crippen LogP contribution in [0.5, 0.6) is 0 Å². The molecule has 0 spiro atoms. The summed E-state index contributed by atoms with van der Waals surface area (Å²) in [5, 5.41) is 3.62. The third kappa shape index (κ3) is 7.13. The van der Waals surface area contributed by atoms with Gasteiger partial charge in [-0.25, -0.2) is 0 Å². The second kappa shape index (κ2) is 14.6. The first-order chi connectivity index (χ1) is 23.0. The SMILES string of the molecule is Cc1ccnc(-c2[c-]ccc(-c3cncc(-c4cc5ncc(C)cc5c5cc(C)ccc45)c3)c2)c1.[Ir].[c-]1ccccc1-c1ccccn1. The van der Waals surface area contributed by atoms with Crippen LogP contribution < -0.4 is 0 Å². The summed E-state index contributed by atoms with van der Waals surface area (Å²) in [5.74, 6) is 0. The fourth-order valence-electron chi connectivity index (χ4n) is 5.78. The summed E-state index contributed by atoms with van der Waals surface area (Å²) >= 11 is 0. The van der Waals surface area contributed by atoms with Gasteiger partial charge in [0.25, 0.3) is 0 Å². The first-order valence-electron chi connectivity index (χ1n) is 15.6. The molecule has 0 fully saturated rings. The number of nitrogens with zero attached hydrogens (tertiary/aromatic N) is 4. The molecule has 0 unspecified atom stereocenters. The van der Waals surface area contributed by atoms with Crippen molar-refractivity contribution < 1.29 is 20.1 Å². The van der Waals surface area contributed by atoms with Crippen molar-refractivity contribution in [3.8, 4) is 44.8 Å². The Hall–Kier alpha value is -5.35. The van der Waals surface area contributed by atoms with Crippen LogP contribution in [-0.4, -0.2) is 19.9 Å². The maximum Gasteiger partial charge on any atom is 0.0714 e. The average Bonchev–Trinajstić information content (AvgIpc) is 3.12. The van der Waals surface area contributed by atoms with Crippen LogP contribution in [0.2, 0.25) is 0 Å². The minimum Gasteiger partial charge on any atom is -0.305 e. The molecule has 0 aliphatic heterocycles. The molecular weight excluding hydrogens is 765 g/mol. The molecule has 4 aromatic carbocycles. The normalized spacial score (nSPS) is 10.6. The molecule has 5 heteroatoms. The fraction of sp³-hybridized carbons (Fsp3) is 0.0698. The zero-order valence-corrected chi connectivity index (χ0v) is 29.3. The standard InChI is InChI=1S/C32H24N3.C11H8N.Ir/c1-20-7-8-27-28(16-32-30(29(27)11-20)12-22(3)17-35-32)26-15-25(18-33-19-26)23-5-4-6-24(14-23)31-13-21(2)9-10-34-31;1-2-6-10(7-3-1)11-8-4-5-9-12-11;/h4-5,7-19H,1-3H3;1-6,8-9H;/q2*-1;. The largest absolute Gasteiger partial charge is 0.305 e. The van der Waals surface area contributed by atoms with Crippen LogP contribution in [0, 0.1) is 32.9 Å². The molecular formula is C43H32IrN4-2. The van der Waals surface area contributed by atoms with Crippen molar-refractivity contribution in [2.75, 3.05) is 0 Å². The van der Waals surface area contributed by atoms with Crippen LogP contribution in [-0.2, 0) is 20.1 Å². The van der Waals surface area contributed by atoms with Gasteiger partial charge in [0.15, 0.2) is 0 Å². The maximum atomic E-state index is 4.75. The summed E-state index contributed by atoms with van der Waals surface area (Å²) in [6.07, 6.45) is 9.42. The van der Waals surface area contributed by atoms with E-state index >= 15 is 0 Å². The summed E-state index contributed by atoms with van der Waals surface area (Å²) < 4.78 is 0. The summed E-state index contributed by atoms with van der Waals surface area (Å²) in [7, 11) is 0. The van der Waals surface area contributed by atoms with Crippen molar-refractivity contribution in [2.45, 2.75) is 20.8 Å². The van der Waals surface area contributed by atoms with Gasteiger partial charge in [-0.2, -0.15) is 0 Å². The van der Waals surface area contributed by atoms with Gasteiger partial charge in [-0.15, -0.1) is 65.7 Å². The van der Waals surface area contributed by atoms with Gasteiger partial charge in [-0.05, 0) is 90.0 Å². The quantitative estimate of drug-likeness (QED) is 0.132. The summed E-state index contributed by atoms with van der Waals surface area (Å²) in [6.45, 7) is 6.30. The Bertz CT molecular complexity index is 2300. The molecule has 0 bridgehead atoms. The summed E-state index contributed by atoms with van der Waals surface area (Å²) in [6, 6.07) is 43.7. The van der Waals surface area contributed by atoms with Crippen LogP contribution in [0.15, 0.2) is 140 Å². The Labute approximate surface area is 295 Å². The van der Waals surface area contributed by atoms with E-state index in [1.54, 1.807) is 6.20 Å². The van der Waals surface area contributed by atoms with Crippen molar-refractivity contribution >= 4 is 21.7 Å².